The summed E-state index contributed by atoms with van der Waals surface area (Å²) in [4.78, 5) is 12.7. The highest BCUT2D eigenvalue weighted by atomic mass is 16.5. The van der Waals surface area contributed by atoms with Crippen molar-refractivity contribution < 1.29 is 4.74 Å². The van der Waals surface area contributed by atoms with E-state index in [1.54, 1.807) is 23.1 Å². The van der Waals surface area contributed by atoms with E-state index in [9.17, 15) is 4.79 Å². The molecule has 0 aliphatic heterocycles. The second-order valence-corrected chi connectivity index (χ2v) is 6.73. The molecule has 28 heavy (non-hydrogen) atoms. The number of pyridine rings is 1. The molecule has 2 aromatic heterocycles. The maximum Gasteiger partial charge on any atom is 0.190 e. The van der Waals surface area contributed by atoms with E-state index in [4.69, 9.17) is 4.74 Å². The van der Waals surface area contributed by atoms with Gasteiger partial charge in [0.05, 0.1) is 34.9 Å². The fraction of sp³-hybridized carbons (Fsp3) is 0.130. The molecule has 5 nitrogen and oxygen atoms in total. The molecular weight excluding hydrogens is 350 g/mol. The quantitative estimate of drug-likeness (QED) is 0.520. The van der Waals surface area contributed by atoms with Crippen LogP contribution in [0.3, 0.4) is 0 Å². The summed E-state index contributed by atoms with van der Waals surface area (Å²) in [7, 11) is 0. The van der Waals surface area contributed by atoms with Gasteiger partial charge < -0.3 is 9.30 Å². The van der Waals surface area contributed by atoms with Gasteiger partial charge in [0, 0.05) is 18.5 Å². The maximum atomic E-state index is 12.7. The molecule has 140 valence electrons. The van der Waals surface area contributed by atoms with Crippen LogP contribution in [0.15, 0.2) is 90.1 Å². The Labute approximate surface area is 163 Å². The summed E-state index contributed by atoms with van der Waals surface area (Å²) in [5, 5.41) is 4.41. The monoisotopic (exact) mass is 371 g/mol. The molecule has 0 unspecified atom stereocenters. The van der Waals surface area contributed by atoms with Crippen molar-refractivity contribution in [1.29, 1.82) is 0 Å². The lowest BCUT2D eigenvalue weighted by Gasteiger charge is -2.16. The molecular formula is C23H21N3O2. The molecule has 4 rings (SSSR count). The van der Waals surface area contributed by atoms with Crippen molar-refractivity contribution in [2.45, 2.75) is 20.0 Å². The molecule has 0 atom stereocenters. The molecule has 0 saturated carbocycles. The van der Waals surface area contributed by atoms with Gasteiger partial charge in [-0.1, -0.05) is 30.3 Å². The first-order valence-electron chi connectivity index (χ1n) is 9.21. The van der Waals surface area contributed by atoms with Crippen molar-refractivity contribution in [3.05, 3.63) is 95.5 Å². The molecule has 0 radical (unpaired) electrons. The highest BCUT2D eigenvalue weighted by molar-refractivity contribution is 5.62. The summed E-state index contributed by atoms with van der Waals surface area (Å²) in [5.41, 5.74) is 3.04. The summed E-state index contributed by atoms with van der Waals surface area (Å²) < 4.78 is 9.63. The summed E-state index contributed by atoms with van der Waals surface area (Å²) >= 11 is 0. The summed E-state index contributed by atoms with van der Waals surface area (Å²) in [5.74, 6) is 0.767. The fourth-order valence-corrected chi connectivity index (χ4v) is 3.13. The third-order valence-electron chi connectivity index (χ3n) is 4.35. The third kappa shape index (κ3) is 3.47. The molecule has 0 saturated heterocycles. The largest absolute Gasteiger partial charge is 0.489 e. The zero-order chi connectivity index (χ0) is 19.5. The van der Waals surface area contributed by atoms with E-state index in [2.05, 4.69) is 5.10 Å². The maximum absolute atomic E-state index is 12.7. The van der Waals surface area contributed by atoms with Gasteiger partial charge in [-0.25, -0.2) is 4.68 Å². The molecule has 2 heterocycles. The molecule has 2 aromatic carbocycles. The standard InChI is InChI=1S/C23H21N3O2/c1-17(2)28-23-11-7-6-10-21(23)25-15-13-22(27)19(16-25)20-12-14-24-26(20)18-8-4-3-5-9-18/h3-17H,1-2H3. The van der Waals surface area contributed by atoms with Crippen molar-refractivity contribution >= 4 is 0 Å². The van der Waals surface area contributed by atoms with E-state index in [0.29, 0.717) is 5.56 Å². The molecule has 0 bridgehead atoms. The SMILES string of the molecule is CC(C)Oc1ccccc1-n1ccc(=O)c(-c2ccnn2-c2ccccc2)c1. The van der Waals surface area contributed by atoms with Gasteiger partial charge in [-0.2, -0.15) is 5.10 Å². The Bertz CT molecular complexity index is 1140. The van der Waals surface area contributed by atoms with Crippen LogP contribution < -0.4 is 10.2 Å². The van der Waals surface area contributed by atoms with Crippen LogP contribution in [-0.2, 0) is 0 Å². The normalized spacial score (nSPS) is 11.0. The number of rotatable bonds is 5. The Hall–Kier alpha value is -3.60. The first-order valence-corrected chi connectivity index (χ1v) is 9.21. The van der Waals surface area contributed by atoms with E-state index in [1.165, 1.54) is 0 Å². The minimum atomic E-state index is -0.0591. The van der Waals surface area contributed by atoms with E-state index in [-0.39, 0.29) is 11.5 Å². The second-order valence-electron chi connectivity index (χ2n) is 6.73. The number of hydrogen-bond donors (Lipinski definition) is 0. The minimum Gasteiger partial charge on any atom is -0.489 e. The predicted octanol–water partition coefficient (Wildman–Crippen LogP) is 4.48. The van der Waals surface area contributed by atoms with Crippen molar-refractivity contribution in [2.75, 3.05) is 0 Å². The number of ether oxygens (including phenoxy) is 1. The first-order chi connectivity index (χ1) is 13.6. The Balaban J connectivity index is 1.83. The molecule has 0 N–H and O–H groups in total. The number of hydrogen-bond acceptors (Lipinski definition) is 3. The van der Waals surface area contributed by atoms with Crippen LogP contribution in [-0.4, -0.2) is 20.5 Å². The third-order valence-corrected chi connectivity index (χ3v) is 4.35. The smallest absolute Gasteiger partial charge is 0.190 e. The van der Waals surface area contributed by atoms with Crippen LogP contribution in [0.1, 0.15) is 13.8 Å². The molecule has 0 spiro atoms. The highest BCUT2D eigenvalue weighted by Crippen LogP contribution is 2.25. The van der Waals surface area contributed by atoms with Gasteiger partial charge in [0.15, 0.2) is 5.43 Å². The Morgan fingerprint density at radius 1 is 0.929 bits per heavy atom. The van der Waals surface area contributed by atoms with E-state index in [1.807, 2.05) is 85.3 Å². The first kappa shape index (κ1) is 17.8. The minimum absolute atomic E-state index is 0.0551. The molecule has 0 aliphatic rings. The topological polar surface area (TPSA) is 49.1 Å². The van der Waals surface area contributed by atoms with Crippen molar-refractivity contribution in [2.24, 2.45) is 0 Å². The lowest BCUT2D eigenvalue weighted by atomic mass is 10.2. The number of para-hydroxylation sites is 3. The van der Waals surface area contributed by atoms with Gasteiger partial charge in [-0.15, -0.1) is 0 Å². The van der Waals surface area contributed by atoms with Crippen LogP contribution in [0.25, 0.3) is 22.6 Å². The summed E-state index contributed by atoms with van der Waals surface area (Å²) in [6.07, 6.45) is 5.35. The molecule has 5 heteroatoms. The Morgan fingerprint density at radius 3 is 2.46 bits per heavy atom. The Morgan fingerprint density at radius 2 is 1.68 bits per heavy atom. The average molecular weight is 371 g/mol. The van der Waals surface area contributed by atoms with Crippen LogP contribution in [0.2, 0.25) is 0 Å². The summed E-state index contributed by atoms with van der Waals surface area (Å²) in [6, 6.07) is 21.0. The van der Waals surface area contributed by atoms with Crippen LogP contribution in [0, 0.1) is 0 Å². The highest BCUT2D eigenvalue weighted by Gasteiger charge is 2.13. The molecule has 0 aliphatic carbocycles. The van der Waals surface area contributed by atoms with Gasteiger partial charge in [0.25, 0.3) is 0 Å². The lowest BCUT2D eigenvalue weighted by Crippen LogP contribution is -2.12. The number of nitrogens with zero attached hydrogens (tertiary/aromatic N) is 3. The van der Waals surface area contributed by atoms with Crippen LogP contribution >= 0.6 is 0 Å². The van der Waals surface area contributed by atoms with Gasteiger partial charge in [-0.05, 0) is 44.2 Å². The average Bonchev–Trinajstić information content (AvgIpc) is 3.19. The van der Waals surface area contributed by atoms with Crippen LogP contribution in [0.5, 0.6) is 5.75 Å². The number of aromatic nitrogens is 3. The molecule has 0 amide bonds. The van der Waals surface area contributed by atoms with Gasteiger partial charge in [0.2, 0.25) is 0 Å². The summed E-state index contributed by atoms with van der Waals surface area (Å²) in [6.45, 7) is 3.98. The van der Waals surface area contributed by atoms with Crippen LogP contribution in [0.4, 0.5) is 0 Å². The van der Waals surface area contributed by atoms with E-state index >= 15 is 0 Å². The van der Waals surface area contributed by atoms with Crippen molar-refractivity contribution in [3.63, 3.8) is 0 Å². The van der Waals surface area contributed by atoms with E-state index < -0.39 is 0 Å². The zero-order valence-electron chi connectivity index (χ0n) is 15.8. The fourth-order valence-electron chi connectivity index (χ4n) is 3.13. The van der Waals surface area contributed by atoms with Crippen molar-refractivity contribution in [1.82, 2.24) is 14.3 Å². The zero-order valence-corrected chi connectivity index (χ0v) is 15.8. The second kappa shape index (κ2) is 7.56. The lowest BCUT2D eigenvalue weighted by molar-refractivity contribution is 0.242. The molecule has 4 aromatic rings. The van der Waals surface area contributed by atoms with Gasteiger partial charge >= 0.3 is 0 Å². The van der Waals surface area contributed by atoms with Gasteiger partial charge in [-0.3, -0.25) is 4.79 Å². The van der Waals surface area contributed by atoms with Crippen molar-refractivity contribution in [3.8, 4) is 28.4 Å². The van der Waals surface area contributed by atoms with E-state index in [0.717, 1.165) is 22.8 Å². The Kier molecular flexibility index (Phi) is 4.81. The van der Waals surface area contributed by atoms with Gasteiger partial charge in [0.1, 0.15) is 5.75 Å². The molecule has 0 fully saturated rings. The number of benzene rings is 2. The predicted molar refractivity (Wildman–Crippen MR) is 110 cm³/mol.